The summed E-state index contributed by atoms with van der Waals surface area (Å²) in [4.78, 5) is 25.6. The minimum absolute atomic E-state index is 0.0979. The van der Waals surface area contributed by atoms with Crippen LogP contribution < -0.4 is 21.3 Å². The summed E-state index contributed by atoms with van der Waals surface area (Å²) < 4.78 is 5.13. The molecule has 3 rings (SSSR count). The summed E-state index contributed by atoms with van der Waals surface area (Å²) in [5.74, 6) is 0.129. The highest BCUT2D eigenvalue weighted by molar-refractivity contribution is 6.03. The first-order chi connectivity index (χ1) is 21.3. The van der Waals surface area contributed by atoms with Gasteiger partial charge in [-0.05, 0) is 78.8 Å². The van der Waals surface area contributed by atoms with Crippen molar-refractivity contribution in [3.63, 3.8) is 0 Å². The Hall–Kier alpha value is -3.94. The molecule has 0 aliphatic heterocycles. The molecule has 44 heavy (non-hydrogen) atoms. The summed E-state index contributed by atoms with van der Waals surface area (Å²) >= 11 is 0. The van der Waals surface area contributed by atoms with Crippen molar-refractivity contribution in [1.29, 1.82) is 0 Å². The lowest BCUT2D eigenvalue weighted by Crippen LogP contribution is -2.33. The number of carbonyl (C=O) groups is 2. The van der Waals surface area contributed by atoms with E-state index in [1.807, 2.05) is 67.7 Å². The molecule has 0 saturated heterocycles. The number of rotatable bonds is 16. The molecule has 0 fully saturated rings. The van der Waals surface area contributed by atoms with Gasteiger partial charge in [0.05, 0.1) is 11.4 Å². The number of hydrogen-bond acceptors (Lipinski definition) is 5. The van der Waals surface area contributed by atoms with Gasteiger partial charge in [0.2, 0.25) is 11.8 Å². The second-order valence-corrected chi connectivity index (χ2v) is 10.9. The van der Waals surface area contributed by atoms with E-state index in [1.54, 1.807) is 6.08 Å². The molecule has 7 heteroatoms. The summed E-state index contributed by atoms with van der Waals surface area (Å²) in [5, 5.41) is 12.4. The average molecular weight is 601 g/mol. The third-order valence-corrected chi connectivity index (χ3v) is 6.83. The predicted molar refractivity (Wildman–Crippen MR) is 186 cm³/mol. The van der Waals surface area contributed by atoms with Crippen LogP contribution >= 0.6 is 0 Å². The quantitative estimate of drug-likeness (QED) is 0.0979. The Balaban J connectivity index is 0.000000860. The molecule has 0 radical (unpaired) electrons. The molecule has 3 aromatic carbocycles. The number of unbranched alkanes of at least 4 members (excludes halogenated alkanes) is 1. The van der Waals surface area contributed by atoms with Crippen LogP contribution in [0.3, 0.4) is 0 Å². The third kappa shape index (κ3) is 13.1. The van der Waals surface area contributed by atoms with Crippen LogP contribution in [-0.2, 0) is 14.3 Å². The SMILES string of the molecule is CCCCNC(C(=O)Nc1ccc(C(C)C)cc1)c1ccc(/C=C/C(=O)Nc2ccccc2NC)cc1.CCCOCCC. The number of hydrogen-bond donors (Lipinski definition) is 4. The van der Waals surface area contributed by atoms with Gasteiger partial charge < -0.3 is 26.0 Å². The van der Waals surface area contributed by atoms with Crippen molar-refractivity contribution in [2.75, 3.05) is 42.8 Å². The summed E-state index contributed by atoms with van der Waals surface area (Å²) in [6.07, 6.45) is 7.57. The standard InChI is InChI=1S/C31H38N4O2.C6H14O/c1-5-6-21-33-30(31(37)34-26-18-16-24(17-19-26)22(2)3)25-14-11-23(12-15-25)13-20-29(36)35-28-10-8-7-9-27(28)32-4;1-3-5-7-6-4-2/h7-20,22,30,32-33H,5-6,21H2,1-4H3,(H,34,37)(H,35,36);3-6H2,1-2H3/b20-13+;. The van der Waals surface area contributed by atoms with Gasteiger partial charge in [0.1, 0.15) is 6.04 Å². The number of amides is 2. The van der Waals surface area contributed by atoms with Crippen LogP contribution in [0.25, 0.3) is 6.08 Å². The van der Waals surface area contributed by atoms with Crippen LogP contribution in [0.15, 0.2) is 78.9 Å². The lowest BCUT2D eigenvalue weighted by Gasteiger charge is -2.19. The highest BCUT2D eigenvalue weighted by Gasteiger charge is 2.20. The van der Waals surface area contributed by atoms with Crippen molar-refractivity contribution in [3.8, 4) is 0 Å². The van der Waals surface area contributed by atoms with E-state index in [0.717, 1.165) is 73.6 Å². The summed E-state index contributed by atoms with van der Waals surface area (Å²) in [5.41, 5.74) is 5.33. The number of anilines is 3. The fourth-order valence-electron chi connectivity index (χ4n) is 4.30. The first kappa shape index (κ1) is 36.3. The van der Waals surface area contributed by atoms with Gasteiger partial charge in [-0.3, -0.25) is 9.59 Å². The molecule has 2 amide bonds. The van der Waals surface area contributed by atoms with Crippen molar-refractivity contribution in [2.45, 2.75) is 72.3 Å². The molecule has 4 N–H and O–H groups in total. The second-order valence-electron chi connectivity index (χ2n) is 10.9. The zero-order valence-electron chi connectivity index (χ0n) is 27.4. The summed E-state index contributed by atoms with van der Waals surface area (Å²) in [7, 11) is 1.81. The van der Waals surface area contributed by atoms with Crippen LogP contribution in [0, 0.1) is 0 Å². The van der Waals surface area contributed by atoms with E-state index in [9.17, 15) is 9.59 Å². The van der Waals surface area contributed by atoms with Gasteiger partial charge in [0.15, 0.2) is 0 Å². The lowest BCUT2D eigenvalue weighted by atomic mass is 10.0. The highest BCUT2D eigenvalue weighted by atomic mass is 16.5. The van der Waals surface area contributed by atoms with E-state index < -0.39 is 6.04 Å². The molecule has 3 aromatic rings. The Morgan fingerprint density at radius 2 is 1.39 bits per heavy atom. The maximum absolute atomic E-state index is 13.2. The Labute approximate surface area is 264 Å². The van der Waals surface area contributed by atoms with E-state index >= 15 is 0 Å². The number of para-hydroxylation sites is 2. The maximum atomic E-state index is 13.2. The van der Waals surface area contributed by atoms with Crippen molar-refractivity contribution < 1.29 is 14.3 Å². The van der Waals surface area contributed by atoms with E-state index in [4.69, 9.17) is 4.74 Å². The predicted octanol–water partition coefficient (Wildman–Crippen LogP) is 8.40. The largest absolute Gasteiger partial charge is 0.386 e. The molecule has 0 saturated carbocycles. The van der Waals surface area contributed by atoms with Gasteiger partial charge in [-0.2, -0.15) is 0 Å². The first-order valence-electron chi connectivity index (χ1n) is 15.9. The number of nitrogens with one attached hydrogen (secondary N) is 4. The fraction of sp³-hybridized carbons (Fsp3) is 0.405. The van der Waals surface area contributed by atoms with Crippen molar-refractivity contribution >= 4 is 35.0 Å². The molecule has 1 atom stereocenters. The van der Waals surface area contributed by atoms with Gasteiger partial charge in [-0.1, -0.05) is 89.6 Å². The molecule has 0 heterocycles. The van der Waals surface area contributed by atoms with Crippen LogP contribution in [0.5, 0.6) is 0 Å². The lowest BCUT2D eigenvalue weighted by molar-refractivity contribution is -0.118. The first-order valence-corrected chi connectivity index (χ1v) is 15.9. The van der Waals surface area contributed by atoms with Crippen molar-refractivity contribution in [2.24, 2.45) is 0 Å². The molecule has 0 bridgehead atoms. The van der Waals surface area contributed by atoms with Gasteiger partial charge in [-0.25, -0.2) is 0 Å². The Kier molecular flexibility index (Phi) is 17.2. The van der Waals surface area contributed by atoms with Crippen LogP contribution in [0.4, 0.5) is 17.1 Å². The molecular formula is C37H52N4O3. The molecule has 0 aromatic heterocycles. The molecule has 0 aliphatic rings. The van der Waals surface area contributed by atoms with E-state index in [0.29, 0.717) is 5.92 Å². The van der Waals surface area contributed by atoms with Crippen molar-refractivity contribution in [1.82, 2.24) is 5.32 Å². The third-order valence-electron chi connectivity index (χ3n) is 6.83. The summed E-state index contributed by atoms with van der Waals surface area (Å²) in [6.45, 7) is 13.3. The van der Waals surface area contributed by atoms with Gasteiger partial charge in [0, 0.05) is 32.0 Å². The number of benzene rings is 3. The Morgan fingerprint density at radius 1 is 0.773 bits per heavy atom. The molecular weight excluding hydrogens is 548 g/mol. The molecule has 1 unspecified atom stereocenters. The van der Waals surface area contributed by atoms with Crippen LogP contribution in [0.1, 0.15) is 89.0 Å². The monoisotopic (exact) mass is 600 g/mol. The Morgan fingerprint density at radius 3 is 1.95 bits per heavy atom. The fourth-order valence-corrected chi connectivity index (χ4v) is 4.30. The van der Waals surface area contributed by atoms with Crippen LogP contribution in [0.2, 0.25) is 0 Å². The minimum Gasteiger partial charge on any atom is -0.386 e. The van der Waals surface area contributed by atoms with E-state index in [1.165, 1.54) is 11.6 Å². The normalized spacial score (nSPS) is 11.5. The highest BCUT2D eigenvalue weighted by Crippen LogP contribution is 2.22. The van der Waals surface area contributed by atoms with Gasteiger partial charge in [0.25, 0.3) is 0 Å². The zero-order chi connectivity index (χ0) is 32.2. The topological polar surface area (TPSA) is 91.5 Å². The zero-order valence-corrected chi connectivity index (χ0v) is 27.4. The van der Waals surface area contributed by atoms with Gasteiger partial charge >= 0.3 is 0 Å². The smallest absolute Gasteiger partial charge is 0.248 e. The number of ether oxygens (including phenoxy) is 1. The van der Waals surface area contributed by atoms with Gasteiger partial charge in [-0.15, -0.1) is 0 Å². The summed E-state index contributed by atoms with van der Waals surface area (Å²) in [6, 6.07) is 22.7. The second kappa shape index (κ2) is 20.9. The number of carbonyl (C=O) groups excluding carboxylic acids is 2. The van der Waals surface area contributed by atoms with E-state index in [-0.39, 0.29) is 11.8 Å². The minimum atomic E-state index is -0.476. The van der Waals surface area contributed by atoms with Crippen LogP contribution in [-0.4, -0.2) is 38.6 Å². The molecule has 0 aliphatic carbocycles. The van der Waals surface area contributed by atoms with Crippen molar-refractivity contribution in [3.05, 3.63) is 95.6 Å². The average Bonchev–Trinajstić information content (AvgIpc) is 3.03. The van der Waals surface area contributed by atoms with E-state index in [2.05, 4.69) is 68.0 Å². The maximum Gasteiger partial charge on any atom is 0.248 e. The Bertz CT molecular complexity index is 1270. The molecule has 238 valence electrons. The molecule has 0 spiro atoms. The molecule has 7 nitrogen and oxygen atoms in total.